The van der Waals surface area contributed by atoms with E-state index in [0.29, 0.717) is 6.42 Å². The number of carbonyl (C=O) groups is 2. The summed E-state index contributed by atoms with van der Waals surface area (Å²) in [6, 6.07) is 10.1. The summed E-state index contributed by atoms with van der Waals surface area (Å²) in [4.78, 5) is 23.8. The highest BCUT2D eigenvalue weighted by molar-refractivity contribution is 6.54. The lowest BCUT2D eigenvalue weighted by atomic mass is 9.75. The Bertz CT molecular complexity index is 776. The zero-order valence-electron chi connectivity index (χ0n) is 18.7. The largest absolute Gasteiger partial charge is 0.498 e. The molecule has 30 heavy (non-hydrogen) atoms. The zero-order chi connectivity index (χ0) is 22.4. The van der Waals surface area contributed by atoms with E-state index in [1.54, 1.807) is 6.08 Å². The predicted molar refractivity (Wildman–Crippen MR) is 115 cm³/mol. The van der Waals surface area contributed by atoms with Crippen molar-refractivity contribution in [1.29, 1.82) is 0 Å². The van der Waals surface area contributed by atoms with Crippen LogP contribution >= 0.6 is 0 Å². The molecule has 0 amide bonds. The molecule has 1 aliphatic heterocycles. The second kappa shape index (κ2) is 10.1. The van der Waals surface area contributed by atoms with Crippen LogP contribution in [0.2, 0.25) is 0 Å². The van der Waals surface area contributed by atoms with E-state index < -0.39 is 36.2 Å². The van der Waals surface area contributed by atoms with E-state index in [-0.39, 0.29) is 6.42 Å². The molecule has 0 spiro atoms. The topological polar surface area (TPSA) is 71.1 Å². The summed E-state index contributed by atoms with van der Waals surface area (Å²) in [5.41, 5.74) is 4.29. The van der Waals surface area contributed by atoms with Crippen LogP contribution < -0.4 is 0 Å². The molecule has 0 radical (unpaired) electrons. The number of rotatable bonds is 8. The second-order valence-corrected chi connectivity index (χ2v) is 8.28. The Hall–Kier alpha value is -2.34. The third-order valence-electron chi connectivity index (χ3n) is 5.68. The second-order valence-electron chi connectivity index (χ2n) is 8.28. The van der Waals surface area contributed by atoms with Crippen LogP contribution in [0.15, 0.2) is 47.6 Å². The number of aryl methyl sites for hydroxylation is 1. The Kier molecular flexibility index (Phi) is 8.07. The van der Waals surface area contributed by atoms with Crippen LogP contribution in [0.5, 0.6) is 0 Å². The molecular weight excluding hydrogens is 383 g/mol. The van der Waals surface area contributed by atoms with Crippen molar-refractivity contribution in [2.75, 3.05) is 14.2 Å². The number of hydrogen-bond acceptors (Lipinski definition) is 6. The first-order chi connectivity index (χ1) is 14.1. The third-order valence-corrected chi connectivity index (χ3v) is 5.68. The van der Waals surface area contributed by atoms with Gasteiger partial charge in [-0.15, -0.1) is 5.73 Å². The number of carbonyl (C=O) groups excluding carboxylic acids is 2. The molecule has 1 aromatic rings. The van der Waals surface area contributed by atoms with Crippen LogP contribution in [-0.4, -0.2) is 44.5 Å². The van der Waals surface area contributed by atoms with Gasteiger partial charge in [0.25, 0.3) is 0 Å². The Balaban J connectivity index is 2.26. The minimum atomic E-state index is -1.03. The van der Waals surface area contributed by atoms with Gasteiger partial charge in [0.2, 0.25) is 0 Å². The van der Waals surface area contributed by atoms with Gasteiger partial charge in [-0.2, -0.15) is 0 Å². The molecule has 1 saturated heterocycles. The van der Waals surface area contributed by atoms with Crippen molar-refractivity contribution in [3.63, 3.8) is 0 Å². The molecule has 0 unspecified atom stereocenters. The fourth-order valence-corrected chi connectivity index (χ4v) is 3.05. The first-order valence-corrected chi connectivity index (χ1v) is 10.1. The van der Waals surface area contributed by atoms with Crippen molar-refractivity contribution in [2.24, 2.45) is 5.92 Å². The van der Waals surface area contributed by atoms with Crippen LogP contribution in [0, 0.1) is 5.92 Å². The van der Waals surface area contributed by atoms with Crippen molar-refractivity contribution >= 4 is 19.1 Å². The van der Waals surface area contributed by atoms with Gasteiger partial charge < -0.3 is 18.8 Å². The Morgan fingerprint density at radius 1 is 1.03 bits per heavy atom. The molecule has 0 aromatic heterocycles. The van der Waals surface area contributed by atoms with Gasteiger partial charge in [0.05, 0.1) is 25.4 Å². The first-order valence-electron chi connectivity index (χ1n) is 10.1. The van der Waals surface area contributed by atoms with Crippen LogP contribution in [0.3, 0.4) is 0 Å². The maximum absolute atomic E-state index is 11.9. The van der Waals surface area contributed by atoms with E-state index in [4.69, 9.17) is 18.8 Å². The molecule has 0 aliphatic carbocycles. The van der Waals surface area contributed by atoms with Gasteiger partial charge in [-0.25, -0.2) is 0 Å². The van der Waals surface area contributed by atoms with Gasteiger partial charge >= 0.3 is 19.1 Å². The molecule has 162 valence electrons. The molecule has 1 aromatic carbocycles. The van der Waals surface area contributed by atoms with Gasteiger partial charge in [0.15, 0.2) is 5.92 Å². The van der Waals surface area contributed by atoms with E-state index >= 15 is 0 Å². The average molecular weight is 414 g/mol. The van der Waals surface area contributed by atoms with E-state index in [1.165, 1.54) is 19.8 Å². The highest BCUT2D eigenvalue weighted by Gasteiger charge is 2.52. The standard InChI is InChI=1S/C23H31BO6/c1-22(2)23(3,4)30-24(29-22)18(16-15-17-11-8-7-9-12-17)13-10-14-19(20(25)27-5)21(26)28-6/h7-12,19H,14-16H2,1-6H3. The van der Waals surface area contributed by atoms with Crippen LogP contribution in [0.25, 0.3) is 0 Å². The maximum Gasteiger partial charge on any atom is 0.498 e. The minimum absolute atomic E-state index is 0.119. The quantitative estimate of drug-likeness (QED) is 0.280. The molecule has 1 aliphatic rings. The van der Waals surface area contributed by atoms with E-state index in [9.17, 15) is 9.59 Å². The summed E-state index contributed by atoms with van der Waals surface area (Å²) in [6.45, 7) is 7.98. The summed E-state index contributed by atoms with van der Waals surface area (Å²) < 4.78 is 21.8. The van der Waals surface area contributed by atoms with Crippen LogP contribution in [0.1, 0.15) is 46.1 Å². The Labute approximate surface area is 179 Å². The zero-order valence-corrected chi connectivity index (χ0v) is 18.7. The normalized spacial score (nSPS) is 16.7. The fraction of sp³-hybridized carbons (Fsp3) is 0.522. The molecule has 7 heteroatoms. The minimum Gasteiger partial charge on any atom is -0.468 e. The lowest BCUT2D eigenvalue weighted by molar-refractivity contribution is -0.158. The summed E-state index contributed by atoms with van der Waals surface area (Å²) in [5, 5.41) is 0. The molecule has 1 fully saturated rings. The highest BCUT2D eigenvalue weighted by Crippen LogP contribution is 2.39. The number of benzene rings is 1. The number of allylic oxidation sites excluding steroid dienone is 1. The van der Waals surface area contributed by atoms with Crippen molar-refractivity contribution in [2.45, 2.75) is 58.2 Å². The molecule has 2 rings (SSSR count). The van der Waals surface area contributed by atoms with Crippen molar-refractivity contribution in [1.82, 2.24) is 0 Å². The van der Waals surface area contributed by atoms with Crippen LogP contribution in [-0.2, 0) is 34.8 Å². The van der Waals surface area contributed by atoms with Gasteiger partial charge in [-0.1, -0.05) is 30.3 Å². The molecule has 0 saturated carbocycles. The van der Waals surface area contributed by atoms with Crippen molar-refractivity contribution in [3.05, 3.63) is 53.2 Å². The monoisotopic (exact) mass is 414 g/mol. The number of methoxy groups -OCH3 is 2. The van der Waals surface area contributed by atoms with Gasteiger partial charge in [0.1, 0.15) is 0 Å². The van der Waals surface area contributed by atoms with Crippen molar-refractivity contribution < 1.29 is 28.4 Å². The van der Waals surface area contributed by atoms with Gasteiger partial charge in [-0.05, 0) is 58.6 Å². The third kappa shape index (κ3) is 5.85. The van der Waals surface area contributed by atoms with E-state index in [0.717, 1.165) is 11.9 Å². The molecule has 0 N–H and O–H groups in total. The number of hydrogen-bond donors (Lipinski definition) is 0. The van der Waals surface area contributed by atoms with E-state index in [2.05, 4.69) is 17.9 Å². The molecule has 1 heterocycles. The van der Waals surface area contributed by atoms with Crippen LogP contribution in [0.4, 0.5) is 0 Å². The molecule has 0 atom stereocenters. The highest BCUT2D eigenvalue weighted by atomic mass is 16.7. The summed E-state index contributed by atoms with van der Waals surface area (Å²) in [6.07, 6.45) is 3.23. The lowest BCUT2D eigenvalue weighted by Crippen LogP contribution is -2.41. The predicted octanol–water partition coefficient (Wildman–Crippen LogP) is 3.68. The van der Waals surface area contributed by atoms with Crippen molar-refractivity contribution in [3.8, 4) is 0 Å². The average Bonchev–Trinajstić information content (AvgIpc) is 2.94. The number of esters is 2. The summed E-state index contributed by atoms with van der Waals surface area (Å²) in [7, 11) is 1.94. The summed E-state index contributed by atoms with van der Waals surface area (Å²) in [5.74, 6) is -2.30. The smallest absolute Gasteiger partial charge is 0.468 e. The molecule has 0 bridgehead atoms. The molecular formula is C23H31BO6. The maximum atomic E-state index is 11.9. The van der Waals surface area contributed by atoms with E-state index in [1.807, 2.05) is 45.9 Å². The van der Waals surface area contributed by atoms with Gasteiger partial charge in [0, 0.05) is 5.47 Å². The SMILES string of the molecule is COC(=O)C(CC=C=C(CCc1ccccc1)B1OC(C)(C)C(C)(C)O1)C(=O)OC. The molecule has 6 nitrogen and oxygen atoms in total. The summed E-state index contributed by atoms with van der Waals surface area (Å²) >= 11 is 0. The van der Waals surface area contributed by atoms with Gasteiger partial charge in [-0.3, -0.25) is 9.59 Å². The Morgan fingerprint density at radius 2 is 1.57 bits per heavy atom. The lowest BCUT2D eigenvalue weighted by Gasteiger charge is -2.32. The Morgan fingerprint density at radius 3 is 2.07 bits per heavy atom. The number of ether oxygens (including phenoxy) is 2. The first kappa shape index (κ1) is 23.9. The fourth-order valence-electron chi connectivity index (χ4n) is 3.05.